The molecular formula is C16H25N3O4S. The van der Waals surface area contributed by atoms with Crippen LogP contribution in [0.2, 0.25) is 0 Å². The summed E-state index contributed by atoms with van der Waals surface area (Å²) < 4.78 is 30.3. The van der Waals surface area contributed by atoms with Crippen LogP contribution in [0.15, 0.2) is 20.7 Å². The number of rotatable bonds is 3. The zero-order chi connectivity index (χ0) is 18.1. The van der Waals surface area contributed by atoms with Gasteiger partial charge in [-0.25, -0.2) is 17.9 Å². The summed E-state index contributed by atoms with van der Waals surface area (Å²) in [6, 6.07) is -0.196. The number of hydrogen-bond acceptors (Lipinski definition) is 4. The molecule has 2 aliphatic carbocycles. The fourth-order valence-electron chi connectivity index (χ4n) is 4.59. The van der Waals surface area contributed by atoms with Gasteiger partial charge in [0.25, 0.3) is 5.56 Å². The molecule has 134 valence electrons. The number of aromatic nitrogens is 2. The average Bonchev–Trinajstić information content (AvgIpc) is 2.81. The topological polar surface area (TPSA) is 90.2 Å². The highest BCUT2D eigenvalue weighted by Gasteiger charge is 2.62. The van der Waals surface area contributed by atoms with E-state index in [4.69, 9.17) is 0 Å². The molecule has 3 unspecified atom stereocenters. The zero-order valence-corrected chi connectivity index (χ0v) is 15.6. The standard InChI is InChI=1S/C16H25N3O4S/c1-15(2)10-6-7-16(15,3)12(8-10)17-24(22,23)11-9-18(4)14(21)19(5)13(11)20/h9-10,12,17H,6-8H2,1-5H3. The Labute approximate surface area is 141 Å². The van der Waals surface area contributed by atoms with Crippen LogP contribution in [0.1, 0.15) is 40.0 Å². The van der Waals surface area contributed by atoms with Gasteiger partial charge in [0.1, 0.15) is 0 Å². The van der Waals surface area contributed by atoms with Crippen molar-refractivity contribution in [3.05, 3.63) is 27.0 Å². The molecule has 0 aromatic carbocycles. The van der Waals surface area contributed by atoms with Crippen LogP contribution in [-0.4, -0.2) is 23.6 Å². The molecule has 2 bridgehead atoms. The fraction of sp³-hybridized carbons (Fsp3) is 0.750. The van der Waals surface area contributed by atoms with Crippen LogP contribution in [0.5, 0.6) is 0 Å². The predicted octanol–water partition coefficient (Wildman–Crippen LogP) is 0.577. The van der Waals surface area contributed by atoms with E-state index < -0.39 is 21.3 Å². The van der Waals surface area contributed by atoms with E-state index in [9.17, 15) is 18.0 Å². The summed E-state index contributed by atoms with van der Waals surface area (Å²) in [5.41, 5.74) is -1.41. The molecule has 0 radical (unpaired) electrons. The summed E-state index contributed by atoms with van der Waals surface area (Å²) in [6.07, 6.45) is 3.98. The van der Waals surface area contributed by atoms with Crippen LogP contribution >= 0.6 is 0 Å². The Hall–Kier alpha value is -1.41. The predicted molar refractivity (Wildman–Crippen MR) is 90.3 cm³/mol. The van der Waals surface area contributed by atoms with Crippen LogP contribution < -0.4 is 16.0 Å². The van der Waals surface area contributed by atoms with Gasteiger partial charge >= 0.3 is 5.69 Å². The van der Waals surface area contributed by atoms with Crippen LogP contribution in [0, 0.1) is 16.7 Å². The summed E-state index contributed by atoms with van der Waals surface area (Å²) in [5.74, 6) is 0.484. The molecule has 1 aromatic rings. The minimum Gasteiger partial charge on any atom is -0.302 e. The lowest BCUT2D eigenvalue weighted by molar-refractivity contribution is 0.130. The Kier molecular flexibility index (Phi) is 3.66. The first-order valence-electron chi connectivity index (χ1n) is 8.21. The van der Waals surface area contributed by atoms with Crippen LogP contribution in [0.3, 0.4) is 0 Å². The van der Waals surface area contributed by atoms with Gasteiger partial charge in [0.05, 0.1) is 0 Å². The third kappa shape index (κ3) is 2.15. The number of aryl methyl sites for hydroxylation is 1. The van der Waals surface area contributed by atoms with Crippen LogP contribution in [0.4, 0.5) is 0 Å². The third-order valence-corrected chi connectivity index (χ3v) is 8.25. The van der Waals surface area contributed by atoms with E-state index in [0.717, 1.165) is 34.6 Å². The lowest BCUT2D eigenvalue weighted by Crippen LogP contribution is -2.49. The Bertz CT molecular complexity index is 912. The van der Waals surface area contributed by atoms with Crippen molar-refractivity contribution < 1.29 is 8.42 Å². The Morgan fingerprint density at radius 1 is 1.21 bits per heavy atom. The second kappa shape index (κ2) is 5.05. The van der Waals surface area contributed by atoms with Gasteiger partial charge in [0.2, 0.25) is 10.0 Å². The summed E-state index contributed by atoms with van der Waals surface area (Å²) in [6.45, 7) is 6.53. The molecule has 0 spiro atoms. The van der Waals surface area contributed by atoms with Crippen LogP contribution in [-0.2, 0) is 24.1 Å². The average molecular weight is 355 g/mol. The normalized spacial score (nSPS) is 31.5. The van der Waals surface area contributed by atoms with Crippen LogP contribution in [0.25, 0.3) is 0 Å². The number of sulfonamides is 1. The maximum atomic E-state index is 12.8. The van der Waals surface area contributed by atoms with Crippen molar-refractivity contribution in [3.8, 4) is 0 Å². The molecule has 3 rings (SSSR count). The van der Waals surface area contributed by atoms with Crippen molar-refractivity contribution in [1.29, 1.82) is 0 Å². The van der Waals surface area contributed by atoms with Crippen molar-refractivity contribution >= 4 is 10.0 Å². The van der Waals surface area contributed by atoms with Gasteiger partial charge in [0, 0.05) is 26.3 Å². The lowest BCUT2D eigenvalue weighted by atomic mass is 9.69. The minimum atomic E-state index is -3.99. The highest BCUT2D eigenvalue weighted by atomic mass is 32.2. The molecule has 1 N–H and O–H groups in total. The summed E-state index contributed by atoms with van der Waals surface area (Å²) in [5, 5.41) is 0. The molecule has 0 aliphatic heterocycles. The van der Waals surface area contributed by atoms with E-state index in [2.05, 4.69) is 25.5 Å². The molecular weight excluding hydrogens is 330 g/mol. The number of nitrogens with zero attached hydrogens (tertiary/aromatic N) is 2. The van der Waals surface area contributed by atoms with E-state index in [-0.39, 0.29) is 21.8 Å². The largest absolute Gasteiger partial charge is 0.330 e. The molecule has 1 heterocycles. The quantitative estimate of drug-likeness (QED) is 0.859. The molecule has 2 fully saturated rings. The van der Waals surface area contributed by atoms with E-state index in [1.165, 1.54) is 14.1 Å². The first-order chi connectivity index (χ1) is 10.9. The molecule has 7 nitrogen and oxygen atoms in total. The zero-order valence-electron chi connectivity index (χ0n) is 14.8. The Morgan fingerprint density at radius 2 is 1.83 bits per heavy atom. The number of hydrogen-bond donors (Lipinski definition) is 1. The summed E-state index contributed by atoms with van der Waals surface area (Å²) >= 11 is 0. The molecule has 3 atom stereocenters. The van der Waals surface area contributed by atoms with Gasteiger partial charge in [-0.2, -0.15) is 0 Å². The second-order valence-electron chi connectivity index (χ2n) is 8.04. The fourth-order valence-corrected chi connectivity index (χ4v) is 6.11. The van der Waals surface area contributed by atoms with E-state index >= 15 is 0 Å². The van der Waals surface area contributed by atoms with Gasteiger partial charge in [-0.15, -0.1) is 0 Å². The number of fused-ring (bicyclic) bond motifs is 2. The van der Waals surface area contributed by atoms with E-state index in [1.807, 2.05) is 0 Å². The van der Waals surface area contributed by atoms with E-state index in [1.54, 1.807) is 0 Å². The van der Waals surface area contributed by atoms with Gasteiger partial charge in [-0.3, -0.25) is 9.36 Å². The first kappa shape index (κ1) is 17.4. The molecule has 2 saturated carbocycles. The lowest BCUT2D eigenvalue weighted by Gasteiger charge is -2.39. The third-order valence-electron chi connectivity index (χ3n) is 6.80. The highest BCUT2D eigenvalue weighted by Crippen LogP contribution is 2.65. The summed E-state index contributed by atoms with van der Waals surface area (Å²) in [4.78, 5) is 23.6. The van der Waals surface area contributed by atoms with Crippen molar-refractivity contribution in [2.75, 3.05) is 0 Å². The van der Waals surface area contributed by atoms with Crippen molar-refractivity contribution in [2.24, 2.45) is 30.8 Å². The smallest absolute Gasteiger partial charge is 0.302 e. The van der Waals surface area contributed by atoms with Gasteiger partial charge in [0.15, 0.2) is 4.90 Å². The van der Waals surface area contributed by atoms with Gasteiger partial charge < -0.3 is 4.57 Å². The first-order valence-corrected chi connectivity index (χ1v) is 9.69. The van der Waals surface area contributed by atoms with Gasteiger partial charge in [-0.05, 0) is 36.0 Å². The van der Waals surface area contributed by atoms with Crippen molar-refractivity contribution in [1.82, 2.24) is 13.9 Å². The van der Waals surface area contributed by atoms with Crippen molar-refractivity contribution in [2.45, 2.75) is 51.0 Å². The monoisotopic (exact) mass is 355 g/mol. The molecule has 1 aromatic heterocycles. The maximum Gasteiger partial charge on any atom is 0.330 e. The van der Waals surface area contributed by atoms with Crippen molar-refractivity contribution in [3.63, 3.8) is 0 Å². The SMILES string of the molecule is Cn1cc(S(=O)(=O)NC2CC3CCC2(C)C3(C)C)c(=O)n(C)c1=O. The molecule has 0 saturated heterocycles. The molecule has 8 heteroatoms. The summed E-state index contributed by atoms with van der Waals surface area (Å²) in [7, 11) is -1.27. The van der Waals surface area contributed by atoms with E-state index in [0.29, 0.717) is 5.92 Å². The second-order valence-corrected chi connectivity index (χ2v) is 9.72. The van der Waals surface area contributed by atoms with Gasteiger partial charge in [-0.1, -0.05) is 20.8 Å². The Morgan fingerprint density at radius 3 is 2.33 bits per heavy atom. The molecule has 2 aliphatic rings. The number of nitrogens with one attached hydrogen (secondary N) is 1. The highest BCUT2D eigenvalue weighted by molar-refractivity contribution is 7.89. The maximum absolute atomic E-state index is 12.8. The molecule has 24 heavy (non-hydrogen) atoms. The Balaban J connectivity index is 2.00. The minimum absolute atomic E-state index is 0.0642. The molecule has 0 amide bonds.